The number of nitrogens with one attached hydrogen (secondary N) is 4. The Hall–Kier alpha value is -5.25. The average Bonchev–Trinajstić information content (AvgIpc) is 3.23. The molecule has 5 aliphatic rings. The number of rotatable bonds is 10. The van der Waals surface area contributed by atoms with Crippen LogP contribution in [0.2, 0.25) is 0 Å². The number of likely N-dealkylation sites (tertiary alicyclic amines) is 1. The van der Waals surface area contributed by atoms with Crippen LogP contribution in [0.5, 0.6) is 0 Å². The molecule has 4 amide bonds. The van der Waals surface area contributed by atoms with Gasteiger partial charge in [0.15, 0.2) is 5.82 Å². The maximum atomic E-state index is 15.3. The van der Waals surface area contributed by atoms with Gasteiger partial charge in [-0.25, -0.2) is 28.5 Å². The summed E-state index contributed by atoms with van der Waals surface area (Å²) in [6, 6.07) is 10.3. The molecule has 2 aliphatic carbocycles. The van der Waals surface area contributed by atoms with Crippen LogP contribution >= 0.6 is 0 Å². The van der Waals surface area contributed by atoms with E-state index in [1.807, 2.05) is 12.1 Å². The first-order valence-electron chi connectivity index (χ1n) is 20.8. The van der Waals surface area contributed by atoms with Crippen molar-refractivity contribution in [2.24, 2.45) is 5.92 Å². The van der Waals surface area contributed by atoms with E-state index < -0.39 is 18.0 Å². The third-order valence-corrected chi connectivity index (χ3v) is 12.5. The molecule has 16 heteroatoms. The number of amides is 4. The third kappa shape index (κ3) is 9.22. The summed E-state index contributed by atoms with van der Waals surface area (Å²) < 4.78 is 35.3. The number of halogens is 2. The fraction of sp³-hybridized carbons (Fsp3) is 0.548. The number of pyridine rings is 1. The highest BCUT2D eigenvalue weighted by atomic mass is 19.1. The minimum absolute atomic E-state index is 0.0394. The fourth-order valence-electron chi connectivity index (χ4n) is 9.22. The van der Waals surface area contributed by atoms with Crippen LogP contribution in [0.15, 0.2) is 42.6 Å². The topological polar surface area (TPSA) is 171 Å². The third-order valence-electron chi connectivity index (χ3n) is 12.5. The number of ether oxygens (including phenoxy) is 1. The van der Waals surface area contributed by atoms with Crippen molar-refractivity contribution in [3.05, 3.63) is 59.8 Å². The molecule has 58 heavy (non-hydrogen) atoms. The van der Waals surface area contributed by atoms with E-state index in [-0.39, 0.29) is 71.2 Å². The molecule has 0 bridgehead atoms. The Kier molecular flexibility index (Phi) is 12.1. The van der Waals surface area contributed by atoms with E-state index in [0.29, 0.717) is 49.1 Å². The van der Waals surface area contributed by atoms with Gasteiger partial charge in [0.1, 0.15) is 23.4 Å². The molecule has 5 heterocycles. The van der Waals surface area contributed by atoms with Crippen LogP contribution in [0, 0.1) is 17.6 Å². The monoisotopic (exact) mass is 799 g/mol. The van der Waals surface area contributed by atoms with E-state index in [0.717, 1.165) is 83.5 Å². The summed E-state index contributed by atoms with van der Waals surface area (Å²) in [6.07, 6.45) is 10.6. The molecule has 1 atom stereocenters. The molecule has 8 rings (SSSR count). The van der Waals surface area contributed by atoms with Crippen LogP contribution in [-0.4, -0.2) is 94.1 Å². The van der Waals surface area contributed by atoms with Crippen LogP contribution in [-0.2, 0) is 19.1 Å². The van der Waals surface area contributed by atoms with Gasteiger partial charge in [0, 0.05) is 42.7 Å². The summed E-state index contributed by atoms with van der Waals surface area (Å²) in [4.78, 5) is 66.2. The van der Waals surface area contributed by atoms with E-state index in [1.165, 1.54) is 11.0 Å². The van der Waals surface area contributed by atoms with Gasteiger partial charge in [-0.3, -0.25) is 24.6 Å². The van der Waals surface area contributed by atoms with Gasteiger partial charge >= 0.3 is 6.09 Å². The number of piperidine rings is 2. The Morgan fingerprint density at radius 1 is 0.828 bits per heavy atom. The number of carbonyl (C=O) groups excluding carboxylic acids is 4. The van der Waals surface area contributed by atoms with Gasteiger partial charge in [0.25, 0.3) is 0 Å². The Bertz CT molecular complexity index is 2000. The van der Waals surface area contributed by atoms with E-state index in [1.54, 1.807) is 18.2 Å². The first kappa shape index (κ1) is 39.6. The number of hydrogen-bond acceptors (Lipinski definition) is 11. The van der Waals surface area contributed by atoms with Crippen molar-refractivity contribution in [3.63, 3.8) is 0 Å². The lowest BCUT2D eigenvalue weighted by atomic mass is 9.83. The summed E-state index contributed by atoms with van der Waals surface area (Å²) in [5, 5.41) is 12.1. The van der Waals surface area contributed by atoms with Crippen LogP contribution in [0.1, 0.15) is 95.0 Å². The smallest absolute Gasteiger partial charge is 0.415 e. The van der Waals surface area contributed by atoms with E-state index in [4.69, 9.17) is 4.74 Å². The molecule has 14 nitrogen and oxygen atoms in total. The van der Waals surface area contributed by atoms with Gasteiger partial charge < -0.3 is 25.6 Å². The zero-order valence-electron chi connectivity index (χ0n) is 32.6. The summed E-state index contributed by atoms with van der Waals surface area (Å²) in [5.41, 5.74) is 1.58. The van der Waals surface area contributed by atoms with Crippen molar-refractivity contribution in [1.29, 1.82) is 0 Å². The largest absolute Gasteiger partial charge is 0.449 e. The van der Waals surface area contributed by atoms with Gasteiger partial charge in [0.2, 0.25) is 23.7 Å². The number of nitrogens with zero attached hydrogens (tertiary/aromatic N) is 5. The summed E-state index contributed by atoms with van der Waals surface area (Å²) in [5.74, 6) is -0.689. The van der Waals surface area contributed by atoms with Gasteiger partial charge in [0.05, 0.1) is 18.5 Å². The minimum atomic E-state index is -0.616. The van der Waals surface area contributed by atoms with Crippen molar-refractivity contribution in [3.8, 4) is 11.4 Å². The van der Waals surface area contributed by atoms with Crippen LogP contribution in [0.4, 0.5) is 31.0 Å². The summed E-state index contributed by atoms with van der Waals surface area (Å²) in [7, 11) is 0. The summed E-state index contributed by atoms with van der Waals surface area (Å²) >= 11 is 0. The molecule has 0 spiro atoms. The first-order chi connectivity index (χ1) is 28.2. The highest BCUT2D eigenvalue weighted by molar-refractivity contribution is 6.01. The van der Waals surface area contributed by atoms with Gasteiger partial charge in [-0.05, 0) is 126 Å². The number of cyclic esters (lactones) is 1. The highest BCUT2D eigenvalue weighted by Crippen LogP contribution is 2.35. The van der Waals surface area contributed by atoms with Crippen LogP contribution < -0.4 is 26.2 Å². The number of aromatic nitrogens is 3. The molecule has 5 fully saturated rings. The molecule has 4 N–H and O–H groups in total. The van der Waals surface area contributed by atoms with Crippen LogP contribution in [0.3, 0.4) is 0 Å². The molecule has 3 saturated heterocycles. The second-order valence-electron chi connectivity index (χ2n) is 16.3. The van der Waals surface area contributed by atoms with E-state index in [2.05, 4.69) is 41.1 Å². The quantitative estimate of drug-likeness (QED) is 0.187. The van der Waals surface area contributed by atoms with Crippen molar-refractivity contribution < 1.29 is 32.7 Å². The number of carbonyl (C=O) groups is 4. The second-order valence-corrected chi connectivity index (χ2v) is 16.3. The Balaban J connectivity index is 0.754. The molecular formula is C42H51F2N9O5. The Morgan fingerprint density at radius 2 is 1.60 bits per heavy atom. The predicted molar refractivity (Wildman–Crippen MR) is 212 cm³/mol. The molecule has 3 aromatic rings. The van der Waals surface area contributed by atoms with E-state index >= 15 is 4.39 Å². The lowest BCUT2D eigenvalue weighted by Gasteiger charge is -2.41. The van der Waals surface area contributed by atoms with Crippen molar-refractivity contribution in [1.82, 2.24) is 30.5 Å². The molecule has 0 radical (unpaired) electrons. The van der Waals surface area contributed by atoms with Crippen molar-refractivity contribution in [2.45, 2.75) is 114 Å². The average molecular weight is 800 g/mol. The van der Waals surface area contributed by atoms with Gasteiger partial charge in [-0.15, -0.1) is 0 Å². The summed E-state index contributed by atoms with van der Waals surface area (Å²) in [6.45, 7) is 2.65. The molecule has 1 unspecified atom stereocenters. The van der Waals surface area contributed by atoms with Crippen molar-refractivity contribution >= 4 is 41.3 Å². The van der Waals surface area contributed by atoms with Gasteiger partial charge in [-0.1, -0.05) is 12.1 Å². The lowest BCUT2D eigenvalue weighted by molar-refractivity contribution is -0.133. The molecule has 1 aromatic carbocycles. The maximum Gasteiger partial charge on any atom is 0.415 e. The first-order valence-corrected chi connectivity index (χ1v) is 20.8. The molecule has 308 valence electrons. The Morgan fingerprint density at radius 3 is 2.34 bits per heavy atom. The molecular weight excluding hydrogens is 749 g/mol. The number of anilines is 3. The zero-order valence-corrected chi connectivity index (χ0v) is 32.6. The second kappa shape index (κ2) is 17.7. The lowest BCUT2D eigenvalue weighted by Crippen LogP contribution is -2.47. The van der Waals surface area contributed by atoms with Crippen molar-refractivity contribution in [2.75, 3.05) is 41.8 Å². The fourth-order valence-corrected chi connectivity index (χ4v) is 9.22. The van der Waals surface area contributed by atoms with Gasteiger partial charge in [-0.2, -0.15) is 0 Å². The molecule has 2 aromatic heterocycles. The number of imide groups is 1. The highest BCUT2D eigenvalue weighted by Gasteiger charge is 2.34. The molecule has 3 aliphatic heterocycles. The zero-order chi connectivity index (χ0) is 40.2. The molecule has 2 saturated carbocycles. The number of benzene rings is 1. The normalized spacial score (nSPS) is 26.1. The standard InChI is InChI=1S/C42H51F2N9O5/c43-32-23-29(46-35-15-16-37(54)50-40(35)56)11-14-31(32)25-17-20-52(21-18-25)30-12-9-27(10-13-30)47-39(55)26-5-7-28(8-6-26)48-41-45-24-33(44)38(51-41)34-3-1-4-36(49-34)53-19-2-22-58-42(53)57/h1,3-4,11,14,23-28,30,35,46H,2,5-10,12-13,15-22H2,(H,47,55)(H,45,48,51)(H,50,54,56)/t26-,27-,28-,30-,35?. The van der Waals surface area contributed by atoms with E-state index in [9.17, 15) is 23.6 Å². The number of hydrogen-bond donors (Lipinski definition) is 4. The minimum Gasteiger partial charge on any atom is -0.449 e. The predicted octanol–water partition coefficient (Wildman–Crippen LogP) is 5.66. The SMILES string of the molecule is O=C1CCC(Nc2ccc(C3CCN([C@H]4CC[C@H](NC(=O)[C@H]5CC[C@H](Nc6ncc(F)c(-c7cccc(N8CCCOC8=O)n7)n6)CC5)CC4)CC3)c(F)c2)C(=O)N1. The Labute approximate surface area is 336 Å². The van der Waals surface area contributed by atoms with Crippen LogP contribution in [0.25, 0.3) is 11.4 Å². The maximum absolute atomic E-state index is 15.3.